The van der Waals surface area contributed by atoms with Crippen molar-refractivity contribution in [3.05, 3.63) is 51.7 Å². The lowest BCUT2D eigenvalue weighted by molar-refractivity contribution is -0.275. The van der Waals surface area contributed by atoms with Gasteiger partial charge in [-0.05, 0) is 17.7 Å². The molecule has 1 aromatic heterocycles. The molecule has 0 bridgehead atoms. The molecule has 0 spiro atoms. The average molecular weight is 460 g/mol. The number of methoxy groups -OCH3 is 1. The van der Waals surface area contributed by atoms with Gasteiger partial charge >= 0.3 is 6.36 Å². The van der Waals surface area contributed by atoms with E-state index < -0.39 is 35.4 Å². The van der Waals surface area contributed by atoms with Gasteiger partial charge in [-0.1, -0.05) is 6.07 Å². The number of morpholine rings is 1. The van der Waals surface area contributed by atoms with Crippen molar-refractivity contribution in [3.63, 3.8) is 0 Å². The lowest BCUT2D eigenvalue weighted by Gasteiger charge is -2.27. The molecule has 1 fully saturated rings. The van der Waals surface area contributed by atoms with Gasteiger partial charge in [0, 0.05) is 26.3 Å². The van der Waals surface area contributed by atoms with E-state index in [-0.39, 0.29) is 23.8 Å². The number of nitrogens with zero attached hydrogens (tertiary/aromatic N) is 2. The summed E-state index contributed by atoms with van der Waals surface area (Å²) in [5, 5.41) is 2.55. The van der Waals surface area contributed by atoms with Crippen LogP contribution in [-0.4, -0.2) is 62.3 Å². The van der Waals surface area contributed by atoms with Crippen LogP contribution in [0.2, 0.25) is 0 Å². The van der Waals surface area contributed by atoms with Gasteiger partial charge in [0.2, 0.25) is 5.95 Å². The summed E-state index contributed by atoms with van der Waals surface area (Å²) in [5.74, 6) is -2.81. The van der Waals surface area contributed by atoms with Gasteiger partial charge in [0.05, 0.1) is 25.9 Å². The van der Waals surface area contributed by atoms with Crippen molar-refractivity contribution in [2.45, 2.75) is 12.4 Å². The number of aromatic amines is 1. The number of carbonyl (C=O) groups is 1. The third kappa shape index (κ3) is 6.17. The van der Waals surface area contributed by atoms with Gasteiger partial charge in [0.15, 0.2) is 11.6 Å². The number of H-pyrrole nitrogens is 1. The highest BCUT2D eigenvalue weighted by Crippen LogP contribution is 2.28. The smallest absolute Gasteiger partial charge is 0.403 e. The minimum absolute atomic E-state index is 0.121. The number of hydrogen-bond donors (Lipinski definition) is 2. The molecule has 0 unspecified atom stereocenters. The molecule has 2 heterocycles. The summed E-state index contributed by atoms with van der Waals surface area (Å²) in [4.78, 5) is 33.3. The maximum Gasteiger partial charge on any atom is 0.573 e. The molecule has 13 heteroatoms. The second-order valence-electron chi connectivity index (χ2n) is 6.77. The number of amides is 1. The molecule has 2 N–H and O–H groups in total. The van der Waals surface area contributed by atoms with E-state index >= 15 is 0 Å². The minimum atomic E-state index is -5.05. The quantitative estimate of drug-likeness (QED) is 0.607. The Morgan fingerprint density at radius 2 is 2.03 bits per heavy atom. The van der Waals surface area contributed by atoms with E-state index in [9.17, 15) is 27.2 Å². The highest BCUT2D eigenvalue weighted by Gasteiger charge is 2.32. The number of hydrogen-bond acceptors (Lipinski definition) is 7. The van der Waals surface area contributed by atoms with Crippen LogP contribution >= 0.6 is 0 Å². The molecule has 1 atom stereocenters. The van der Waals surface area contributed by atoms with Crippen LogP contribution in [0.25, 0.3) is 0 Å². The molecular weight excluding hydrogens is 440 g/mol. The maximum absolute atomic E-state index is 14.1. The summed E-state index contributed by atoms with van der Waals surface area (Å²) in [6.45, 7) is 1.72. The van der Waals surface area contributed by atoms with Crippen LogP contribution in [0.4, 0.5) is 23.5 Å². The van der Waals surface area contributed by atoms with E-state index in [1.807, 2.05) is 0 Å². The number of nitrogens with one attached hydrogen (secondary N) is 2. The van der Waals surface area contributed by atoms with E-state index in [0.29, 0.717) is 26.3 Å². The number of rotatable bonds is 7. The van der Waals surface area contributed by atoms with Gasteiger partial charge in [-0.25, -0.2) is 9.37 Å². The molecule has 2 aromatic rings. The van der Waals surface area contributed by atoms with Gasteiger partial charge in [-0.3, -0.25) is 14.6 Å². The van der Waals surface area contributed by atoms with Crippen LogP contribution in [-0.2, 0) is 9.47 Å². The summed E-state index contributed by atoms with van der Waals surface area (Å²) in [7, 11) is 1.33. The summed E-state index contributed by atoms with van der Waals surface area (Å²) >= 11 is 0. The van der Waals surface area contributed by atoms with Gasteiger partial charge < -0.3 is 24.4 Å². The van der Waals surface area contributed by atoms with Crippen LogP contribution in [0.1, 0.15) is 22.1 Å². The molecule has 0 radical (unpaired) electrons. The molecule has 3 rings (SSSR count). The standard InChI is InChI=1S/C19H20F4N4O5/c1-30-10-14(11-2-3-15(12(20)8-11)32-19(21,22)23)24-17(29)13-9-16(28)26-18(25-13)27-4-6-31-7-5-27/h2-3,8-9,14H,4-7,10H2,1H3,(H,24,29)(H,25,26,28)/t14-/m1/s1. The minimum Gasteiger partial charge on any atom is -0.403 e. The summed E-state index contributed by atoms with van der Waals surface area (Å²) in [5.41, 5.74) is -0.603. The number of benzene rings is 1. The van der Waals surface area contributed by atoms with Crippen molar-refractivity contribution in [2.75, 3.05) is 44.9 Å². The van der Waals surface area contributed by atoms with Gasteiger partial charge in [-0.15, -0.1) is 13.2 Å². The number of anilines is 1. The fraction of sp³-hybridized carbons (Fsp3) is 0.421. The van der Waals surface area contributed by atoms with Crippen molar-refractivity contribution in [1.29, 1.82) is 0 Å². The van der Waals surface area contributed by atoms with Gasteiger partial charge in [-0.2, -0.15) is 0 Å². The molecule has 32 heavy (non-hydrogen) atoms. The summed E-state index contributed by atoms with van der Waals surface area (Å²) in [6, 6.07) is 2.84. The maximum atomic E-state index is 14.1. The normalized spacial score (nSPS) is 15.3. The number of carbonyl (C=O) groups excluding carboxylic acids is 1. The first-order valence-electron chi connectivity index (χ1n) is 9.45. The second kappa shape index (κ2) is 9.96. The topological polar surface area (TPSA) is 106 Å². The zero-order valence-corrected chi connectivity index (χ0v) is 16.9. The molecule has 1 amide bonds. The van der Waals surface area contributed by atoms with E-state index in [1.165, 1.54) is 13.2 Å². The number of halogens is 4. The fourth-order valence-electron chi connectivity index (χ4n) is 3.05. The predicted octanol–water partition coefficient (Wildman–Crippen LogP) is 1.76. The monoisotopic (exact) mass is 460 g/mol. The van der Waals surface area contributed by atoms with Crippen LogP contribution in [0.3, 0.4) is 0 Å². The van der Waals surface area contributed by atoms with E-state index in [0.717, 1.165) is 18.2 Å². The van der Waals surface area contributed by atoms with Crippen molar-refractivity contribution in [1.82, 2.24) is 15.3 Å². The van der Waals surface area contributed by atoms with Crippen LogP contribution in [0.5, 0.6) is 5.75 Å². The Morgan fingerprint density at radius 1 is 1.31 bits per heavy atom. The molecular formula is C19H20F4N4O5. The lowest BCUT2D eigenvalue weighted by atomic mass is 10.1. The van der Waals surface area contributed by atoms with Gasteiger partial charge in [0.25, 0.3) is 11.5 Å². The fourth-order valence-corrected chi connectivity index (χ4v) is 3.05. The Balaban J connectivity index is 1.80. The summed E-state index contributed by atoms with van der Waals surface area (Å²) in [6.07, 6.45) is -5.05. The zero-order chi connectivity index (χ0) is 23.3. The number of aromatic nitrogens is 2. The zero-order valence-electron chi connectivity index (χ0n) is 16.9. The Kier molecular flexibility index (Phi) is 7.30. The summed E-state index contributed by atoms with van der Waals surface area (Å²) < 4.78 is 65.0. The highest BCUT2D eigenvalue weighted by atomic mass is 19.4. The van der Waals surface area contributed by atoms with Crippen molar-refractivity contribution in [2.24, 2.45) is 0 Å². The third-order valence-corrected chi connectivity index (χ3v) is 4.50. The number of ether oxygens (including phenoxy) is 3. The molecule has 1 aliphatic heterocycles. The van der Waals surface area contributed by atoms with E-state index in [1.54, 1.807) is 4.90 Å². The van der Waals surface area contributed by atoms with E-state index in [4.69, 9.17) is 9.47 Å². The van der Waals surface area contributed by atoms with Crippen LogP contribution < -0.4 is 20.5 Å². The first-order chi connectivity index (χ1) is 15.2. The Morgan fingerprint density at radius 3 is 2.66 bits per heavy atom. The van der Waals surface area contributed by atoms with Crippen LogP contribution in [0, 0.1) is 5.82 Å². The molecule has 0 saturated carbocycles. The number of alkyl halides is 3. The lowest BCUT2D eigenvalue weighted by Crippen LogP contribution is -2.39. The molecule has 1 aromatic carbocycles. The Hall–Kier alpha value is -3.19. The first-order valence-corrected chi connectivity index (χ1v) is 9.45. The second-order valence-corrected chi connectivity index (χ2v) is 6.77. The van der Waals surface area contributed by atoms with Crippen LogP contribution in [0.15, 0.2) is 29.1 Å². The Bertz CT molecular complexity index is 1010. The van der Waals surface area contributed by atoms with Gasteiger partial charge in [0.1, 0.15) is 5.69 Å². The Labute approximate surface area is 179 Å². The largest absolute Gasteiger partial charge is 0.573 e. The molecule has 174 valence electrons. The highest BCUT2D eigenvalue weighted by molar-refractivity contribution is 5.92. The molecule has 9 nitrogen and oxygen atoms in total. The third-order valence-electron chi connectivity index (χ3n) is 4.50. The SMILES string of the molecule is COC[C@@H](NC(=O)c1cc(=O)[nH]c(N2CCOCC2)n1)c1ccc(OC(F)(F)F)c(F)c1. The predicted molar refractivity (Wildman–Crippen MR) is 103 cm³/mol. The van der Waals surface area contributed by atoms with Crippen molar-refractivity contribution < 1.29 is 36.6 Å². The first kappa shape index (κ1) is 23.5. The van der Waals surface area contributed by atoms with E-state index in [2.05, 4.69) is 20.0 Å². The van der Waals surface area contributed by atoms with Crippen molar-refractivity contribution >= 4 is 11.9 Å². The molecule has 1 aliphatic rings. The molecule has 1 saturated heterocycles. The molecule has 0 aliphatic carbocycles. The average Bonchev–Trinajstić information content (AvgIpc) is 2.74. The van der Waals surface area contributed by atoms with Crippen molar-refractivity contribution in [3.8, 4) is 5.75 Å².